The van der Waals surface area contributed by atoms with E-state index in [4.69, 9.17) is 10.5 Å². The topological polar surface area (TPSA) is 38.5 Å². The van der Waals surface area contributed by atoms with Crippen LogP contribution in [0.2, 0.25) is 0 Å². The van der Waals surface area contributed by atoms with Crippen molar-refractivity contribution in [1.29, 1.82) is 0 Å². The van der Waals surface area contributed by atoms with Crippen molar-refractivity contribution >= 4 is 0 Å². The second-order valence-corrected chi connectivity index (χ2v) is 6.03. The summed E-state index contributed by atoms with van der Waals surface area (Å²) in [5, 5.41) is 0. The Morgan fingerprint density at radius 1 is 1.35 bits per heavy atom. The van der Waals surface area contributed by atoms with Crippen LogP contribution in [0.25, 0.3) is 0 Å². The predicted octanol–water partition coefficient (Wildman–Crippen LogP) is 2.67. The molecule has 1 aromatic carbocycles. The lowest BCUT2D eigenvalue weighted by Crippen LogP contribution is -2.49. The molecule has 3 rings (SSSR count). The highest BCUT2D eigenvalue weighted by molar-refractivity contribution is 5.36. The normalized spacial score (nSPS) is 25.6. The standard InChI is InChI=1S/C17H26N2O/c1-2-14-12-20-10-9-19(14)17(11-18)16-6-4-3-5-15(16)13-7-8-13/h3-6,13-14,17H,2,7-12,18H2,1H3. The number of nitrogens with two attached hydrogens (primary N) is 1. The Kier molecular flexibility index (Phi) is 4.39. The summed E-state index contributed by atoms with van der Waals surface area (Å²) in [7, 11) is 0. The van der Waals surface area contributed by atoms with Crippen LogP contribution in [0, 0.1) is 0 Å². The first-order valence-corrected chi connectivity index (χ1v) is 7.97. The van der Waals surface area contributed by atoms with Gasteiger partial charge in [-0.05, 0) is 36.3 Å². The Morgan fingerprint density at radius 2 is 2.15 bits per heavy atom. The molecule has 1 heterocycles. The van der Waals surface area contributed by atoms with Crippen molar-refractivity contribution in [3.8, 4) is 0 Å². The minimum Gasteiger partial charge on any atom is -0.378 e. The highest BCUT2D eigenvalue weighted by atomic mass is 16.5. The number of ether oxygens (including phenoxy) is 1. The Balaban J connectivity index is 1.88. The zero-order valence-electron chi connectivity index (χ0n) is 12.4. The molecule has 3 nitrogen and oxygen atoms in total. The van der Waals surface area contributed by atoms with Crippen molar-refractivity contribution in [1.82, 2.24) is 4.90 Å². The monoisotopic (exact) mass is 274 g/mol. The van der Waals surface area contributed by atoms with E-state index in [9.17, 15) is 0 Å². The van der Waals surface area contributed by atoms with E-state index in [1.54, 1.807) is 0 Å². The fourth-order valence-electron chi connectivity index (χ4n) is 3.45. The van der Waals surface area contributed by atoms with Crippen LogP contribution in [0.1, 0.15) is 49.3 Å². The molecule has 2 unspecified atom stereocenters. The largest absolute Gasteiger partial charge is 0.378 e. The maximum absolute atomic E-state index is 6.16. The van der Waals surface area contributed by atoms with Crippen LogP contribution in [0.15, 0.2) is 24.3 Å². The summed E-state index contributed by atoms with van der Waals surface area (Å²) in [4.78, 5) is 2.57. The van der Waals surface area contributed by atoms with Gasteiger partial charge in [-0.1, -0.05) is 31.2 Å². The summed E-state index contributed by atoms with van der Waals surface area (Å²) >= 11 is 0. The van der Waals surface area contributed by atoms with Gasteiger partial charge in [-0.3, -0.25) is 4.90 Å². The van der Waals surface area contributed by atoms with Crippen molar-refractivity contribution in [2.75, 3.05) is 26.3 Å². The minimum absolute atomic E-state index is 0.348. The third-order valence-corrected chi connectivity index (χ3v) is 4.74. The van der Waals surface area contributed by atoms with Crippen molar-refractivity contribution in [3.63, 3.8) is 0 Å². The van der Waals surface area contributed by atoms with Gasteiger partial charge in [-0.25, -0.2) is 0 Å². The third kappa shape index (κ3) is 2.76. The Labute approximate surface area is 122 Å². The lowest BCUT2D eigenvalue weighted by Gasteiger charge is -2.41. The Morgan fingerprint density at radius 3 is 2.85 bits per heavy atom. The number of hydrogen-bond acceptors (Lipinski definition) is 3. The van der Waals surface area contributed by atoms with Crippen molar-refractivity contribution in [3.05, 3.63) is 35.4 Å². The molecule has 2 fully saturated rings. The molecule has 2 aliphatic rings. The third-order valence-electron chi connectivity index (χ3n) is 4.74. The molecule has 0 radical (unpaired) electrons. The molecule has 1 aromatic rings. The molecule has 20 heavy (non-hydrogen) atoms. The fraction of sp³-hybridized carbons (Fsp3) is 0.647. The second kappa shape index (κ2) is 6.25. The summed E-state index contributed by atoms with van der Waals surface area (Å²) in [6, 6.07) is 9.77. The molecule has 1 aliphatic heterocycles. The zero-order valence-corrected chi connectivity index (χ0v) is 12.4. The fourth-order valence-corrected chi connectivity index (χ4v) is 3.45. The molecule has 3 heteroatoms. The lowest BCUT2D eigenvalue weighted by atomic mass is 9.94. The van der Waals surface area contributed by atoms with Gasteiger partial charge in [0.25, 0.3) is 0 Å². The summed E-state index contributed by atoms with van der Waals surface area (Å²) in [6.07, 6.45) is 3.81. The summed E-state index contributed by atoms with van der Waals surface area (Å²) in [5.74, 6) is 0.779. The van der Waals surface area contributed by atoms with Gasteiger partial charge in [0.15, 0.2) is 0 Å². The predicted molar refractivity (Wildman–Crippen MR) is 81.8 cm³/mol. The smallest absolute Gasteiger partial charge is 0.0622 e. The van der Waals surface area contributed by atoms with E-state index < -0.39 is 0 Å². The Hall–Kier alpha value is -0.900. The van der Waals surface area contributed by atoms with E-state index in [2.05, 4.69) is 36.1 Å². The van der Waals surface area contributed by atoms with Crippen molar-refractivity contribution < 1.29 is 4.74 Å². The van der Waals surface area contributed by atoms with Gasteiger partial charge >= 0.3 is 0 Å². The van der Waals surface area contributed by atoms with E-state index in [0.717, 1.165) is 32.1 Å². The molecule has 0 amide bonds. The van der Waals surface area contributed by atoms with E-state index >= 15 is 0 Å². The number of rotatable bonds is 5. The molecule has 2 atom stereocenters. The molecule has 0 aromatic heterocycles. The van der Waals surface area contributed by atoms with Crippen LogP contribution in [-0.2, 0) is 4.74 Å². The minimum atomic E-state index is 0.348. The molecule has 0 bridgehead atoms. The first kappa shape index (κ1) is 14.1. The molecule has 1 saturated carbocycles. The highest BCUT2D eigenvalue weighted by Crippen LogP contribution is 2.43. The Bertz CT molecular complexity index is 444. The van der Waals surface area contributed by atoms with Gasteiger partial charge in [-0.2, -0.15) is 0 Å². The molecule has 110 valence electrons. The van der Waals surface area contributed by atoms with Crippen LogP contribution in [0.5, 0.6) is 0 Å². The zero-order chi connectivity index (χ0) is 13.9. The quantitative estimate of drug-likeness (QED) is 0.897. The number of hydrogen-bond donors (Lipinski definition) is 1. The van der Waals surface area contributed by atoms with Gasteiger partial charge in [0.2, 0.25) is 0 Å². The van der Waals surface area contributed by atoms with Gasteiger partial charge < -0.3 is 10.5 Å². The van der Waals surface area contributed by atoms with Gasteiger partial charge in [0.1, 0.15) is 0 Å². The lowest BCUT2D eigenvalue weighted by molar-refractivity contribution is -0.0292. The number of benzene rings is 1. The summed E-state index contributed by atoms with van der Waals surface area (Å²) in [6.45, 7) is 5.61. The maximum Gasteiger partial charge on any atom is 0.0622 e. The summed E-state index contributed by atoms with van der Waals surface area (Å²) in [5.41, 5.74) is 9.15. The van der Waals surface area contributed by atoms with Crippen molar-refractivity contribution in [2.24, 2.45) is 5.73 Å². The molecule has 1 aliphatic carbocycles. The van der Waals surface area contributed by atoms with E-state index in [0.29, 0.717) is 18.6 Å². The molecular weight excluding hydrogens is 248 g/mol. The van der Waals surface area contributed by atoms with Crippen LogP contribution in [-0.4, -0.2) is 37.2 Å². The van der Waals surface area contributed by atoms with Crippen molar-refractivity contribution in [2.45, 2.75) is 44.2 Å². The van der Waals surface area contributed by atoms with Crippen LogP contribution >= 0.6 is 0 Å². The van der Waals surface area contributed by atoms with Gasteiger partial charge in [0.05, 0.1) is 13.2 Å². The van der Waals surface area contributed by atoms with E-state index in [1.165, 1.54) is 24.0 Å². The van der Waals surface area contributed by atoms with Crippen LogP contribution < -0.4 is 5.73 Å². The molecule has 2 N–H and O–H groups in total. The van der Waals surface area contributed by atoms with Gasteiger partial charge in [-0.15, -0.1) is 0 Å². The first-order valence-electron chi connectivity index (χ1n) is 7.97. The SMILES string of the molecule is CCC1COCCN1C(CN)c1ccccc1C1CC1. The second-order valence-electron chi connectivity index (χ2n) is 6.03. The van der Waals surface area contributed by atoms with E-state index in [-0.39, 0.29) is 0 Å². The molecule has 1 saturated heterocycles. The average molecular weight is 274 g/mol. The number of morpholine rings is 1. The molecular formula is C17H26N2O. The van der Waals surface area contributed by atoms with Crippen LogP contribution in [0.3, 0.4) is 0 Å². The summed E-state index contributed by atoms with van der Waals surface area (Å²) < 4.78 is 5.64. The van der Waals surface area contributed by atoms with Crippen LogP contribution in [0.4, 0.5) is 0 Å². The average Bonchev–Trinajstić information content (AvgIpc) is 3.34. The number of nitrogens with zero attached hydrogens (tertiary/aromatic N) is 1. The maximum atomic E-state index is 6.16. The van der Waals surface area contributed by atoms with Gasteiger partial charge in [0, 0.05) is 25.2 Å². The highest BCUT2D eigenvalue weighted by Gasteiger charge is 2.33. The first-order chi connectivity index (χ1) is 9.85. The molecule has 0 spiro atoms. The van der Waals surface area contributed by atoms with E-state index in [1.807, 2.05) is 0 Å².